The van der Waals surface area contributed by atoms with Crippen LogP contribution in [0, 0.1) is 18.6 Å². The molecule has 0 aromatic heterocycles. The van der Waals surface area contributed by atoms with Crippen molar-refractivity contribution in [2.45, 2.75) is 6.92 Å². The summed E-state index contributed by atoms with van der Waals surface area (Å²) in [4.78, 5) is 0. The van der Waals surface area contributed by atoms with Gasteiger partial charge in [-0.1, -0.05) is 0 Å². The zero-order valence-electron chi connectivity index (χ0n) is 5.32. The molecule has 0 spiro atoms. The minimum Gasteiger partial charge on any atom is -0.290 e. The lowest BCUT2D eigenvalue weighted by atomic mass is 10.2. The largest absolute Gasteiger partial charge is 0.290 e. The first-order chi connectivity index (χ1) is 4.61. The Balaban J connectivity index is 3.28. The molecule has 0 aliphatic carbocycles. The highest BCUT2D eigenvalue weighted by molar-refractivity contribution is 5.31. The van der Waals surface area contributed by atoms with Crippen LogP contribution in [-0.4, -0.2) is 0 Å². The maximum absolute atomic E-state index is 12.2. The molecule has 0 aliphatic heterocycles. The molecule has 0 heterocycles. The van der Waals surface area contributed by atoms with Crippen LogP contribution in [0.4, 0.5) is 8.78 Å². The van der Waals surface area contributed by atoms with Crippen molar-refractivity contribution in [1.29, 1.82) is 0 Å². The van der Waals surface area contributed by atoms with Crippen LogP contribution in [0.5, 0.6) is 5.75 Å². The summed E-state index contributed by atoms with van der Waals surface area (Å²) >= 11 is 0. The average Bonchev–Trinajstić information content (AvgIpc) is 1.84. The van der Waals surface area contributed by atoms with Gasteiger partial charge in [-0.15, -0.1) is 0 Å². The highest BCUT2D eigenvalue weighted by atomic mass is 19.2. The summed E-state index contributed by atoms with van der Waals surface area (Å²) < 4.78 is 24.4. The maximum Gasteiger partial charge on any atom is 0.184 e. The number of hydrogen-bond acceptors (Lipinski definition) is 0. The summed E-state index contributed by atoms with van der Waals surface area (Å²) in [6.07, 6.45) is 0. The van der Waals surface area contributed by atoms with E-state index in [4.69, 9.17) is 0 Å². The van der Waals surface area contributed by atoms with Crippen LogP contribution in [0.3, 0.4) is 0 Å². The van der Waals surface area contributed by atoms with Crippen molar-refractivity contribution in [3.8, 4) is 5.75 Å². The van der Waals surface area contributed by atoms with Gasteiger partial charge in [0.25, 0.3) is 0 Å². The molecule has 1 rings (SSSR count). The number of aryl methyl sites for hydroxylation is 1. The van der Waals surface area contributed by atoms with Gasteiger partial charge < -0.3 is 0 Å². The fourth-order valence-corrected chi connectivity index (χ4v) is 0.628. The van der Waals surface area contributed by atoms with Gasteiger partial charge in [0.2, 0.25) is 0 Å². The third kappa shape index (κ3) is 1.07. The summed E-state index contributed by atoms with van der Waals surface area (Å²) in [5, 5.41) is 10.6. The second-order valence-corrected chi connectivity index (χ2v) is 2.03. The van der Waals surface area contributed by atoms with Crippen LogP contribution in [0.15, 0.2) is 12.1 Å². The first-order valence-corrected chi connectivity index (χ1v) is 2.74. The second-order valence-electron chi connectivity index (χ2n) is 2.03. The molecule has 0 aliphatic rings. The van der Waals surface area contributed by atoms with E-state index < -0.39 is 17.4 Å². The maximum atomic E-state index is 12.2. The Labute approximate surface area is 56.9 Å². The SMILES string of the molecule is Cc1cc(F)c(F)cc1[O]. The lowest BCUT2D eigenvalue weighted by molar-refractivity contribution is 0.346. The van der Waals surface area contributed by atoms with Gasteiger partial charge >= 0.3 is 0 Å². The van der Waals surface area contributed by atoms with Crippen LogP contribution < -0.4 is 0 Å². The van der Waals surface area contributed by atoms with E-state index in [1.165, 1.54) is 6.92 Å². The molecule has 10 heavy (non-hydrogen) atoms. The van der Waals surface area contributed by atoms with Crippen molar-refractivity contribution in [3.63, 3.8) is 0 Å². The number of halogens is 2. The topological polar surface area (TPSA) is 19.9 Å². The molecule has 0 fully saturated rings. The molecule has 0 bridgehead atoms. The third-order valence-corrected chi connectivity index (χ3v) is 1.22. The standard InChI is InChI=1S/C7H5F2O/c1-4-2-5(8)6(9)3-7(4)10/h2-3H,1H3. The molecule has 1 nitrogen and oxygen atoms in total. The molecular weight excluding hydrogens is 138 g/mol. The molecule has 0 N–H and O–H groups in total. The van der Waals surface area contributed by atoms with Crippen molar-refractivity contribution in [3.05, 3.63) is 29.3 Å². The van der Waals surface area contributed by atoms with Crippen molar-refractivity contribution >= 4 is 0 Å². The fourth-order valence-electron chi connectivity index (χ4n) is 0.628. The zero-order valence-corrected chi connectivity index (χ0v) is 5.32. The van der Waals surface area contributed by atoms with E-state index in [0.29, 0.717) is 6.07 Å². The van der Waals surface area contributed by atoms with Gasteiger partial charge in [0.1, 0.15) is 0 Å². The van der Waals surface area contributed by atoms with E-state index >= 15 is 0 Å². The highest BCUT2D eigenvalue weighted by Gasteiger charge is 2.05. The minimum atomic E-state index is -1.09. The van der Waals surface area contributed by atoms with E-state index in [1.807, 2.05) is 0 Å². The first-order valence-electron chi connectivity index (χ1n) is 2.74. The van der Waals surface area contributed by atoms with Crippen molar-refractivity contribution in [2.75, 3.05) is 0 Å². The lowest BCUT2D eigenvalue weighted by Gasteiger charge is -1.94. The smallest absolute Gasteiger partial charge is 0.184 e. The Morgan fingerprint density at radius 3 is 2.20 bits per heavy atom. The van der Waals surface area contributed by atoms with Crippen LogP contribution >= 0.6 is 0 Å². The van der Waals surface area contributed by atoms with Gasteiger partial charge in [0.15, 0.2) is 17.4 Å². The minimum absolute atomic E-state index is 0.221. The van der Waals surface area contributed by atoms with Crippen molar-refractivity contribution < 1.29 is 13.9 Å². The van der Waals surface area contributed by atoms with E-state index in [1.54, 1.807) is 0 Å². The van der Waals surface area contributed by atoms with Crippen LogP contribution in [0.25, 0.3) is 0 Å². The molecule has 1 aromatic carbocycles. The molecular formula is C7H5F2O. The Morgan fingerprint density at radius 1 is 1.20 bits per heavy atom. The van der Waals surface area contributed by atoms with Gasteiger partial charge in [0, 0.05) is 6.07 Å². The molecule has 53 valence electrons. The highest BCUT2D eigenvalue weighted by Crippen LogP contribution is 2.19. The van der Waals surface area contributed by atoms with E-state index in [-0.39, 0.29) is 5.56 Å². The summed E-state index contributed by atoms with van der Waals surface area (Å²) in [5.41, 5.74) is 0.221. The Bertz CT molecular complexity index is 208. The predicted octanol–water partition coefficient (Wildman–Crippen LogP) is 2.42. The van der Waals surface area contributed by atoms with Gasteiger partial charge in [-0.3, -0.25) is 5.11 Å². The molecule has 1 aromatic rings. The van der Waals surface area contributed by atoms with Crippen LogP contribution in [-0.2, 0) is 5.11 Å². The lowest BCUT2D eigenvalue weighted by Crippen LogP contribution is -1.84. The zero-order chi connectivity index (χ0) is 7.72. The molecule has 0 atom stereocenters. The molecule has 1 radical (unpaired) electrons. The Morgan fingerprint density at radius 2 is 1.70 bits per heavy atom. The normalized spacial score (nSPS) is 9.90. The van der Waals surface area contributed by atoms with E-state index in [9.17, 15) is 13.9 Å². The molecule has 0 unspecified atom stereocenters. The van der Waals surface area contributed by atoms with Crippen LogP contribution in [0.1, 0.15) is 5.56 Å². The van der Waals surface area contributed by atoms with E-state index in [0.717, 1.165) is 6.07 Å². The summed E-state index contributed by atoms with van der Waals surface area (Å²) in [7, 11) is 0. The van der Waals surface area contributed by atoms with Crippen molar-refractivity contribution in [2.24, 2.45) is 0 Å². The van der Waals surface area contributed by atoms with Gasteiger partial charge in [-0.25, -0.2) is 8.78 Å². The molecule has 0 saturated carbocycles. The predicted molar refractivity (Wildman–Crippen MR) is 31.2 cm³/mol. The fraction of sp³-hybridized carbons (Fsp3) is 0.143. The van der Waals surface area contributed by atoms with Gasteiger partial charge in [-0.05, 0) is 18.6 Å². The number of hydrogen-bond donors (Lipinski definition) is 0. The molecule has 3 heteroatoms. The summed E-state index contributed by atoms with van der Waals surface area (Å²) in [6, 6.07) is 1.53. The Kier molecular flexibility index (Phi) is 1.57. The third-order valence-electron chi connectivity index (χ3n) is 1.22. The molecule has 0 amide bonds. The Hall–Kier alpha value is -1.12. The summed E-state index contributed by atoms with van der Waals surface area (Å²) in [6.45, 7) is 1.44. The monoisotopic (exact) mass is 143 g/mol. The first kappa shape index (κ1) is 6.99. The average molecular weight is 143 g/mol. The molecule has 0 saturated heterocycles. The van der Waals surface area contributed by atoms with E-state index in [2.05, 4.69) is 0 Å². The number of rotatable bonds is 0. The van der Waals surface area contributed by atoms with Crippen molar-refractivity contribution in [1.82, 2.24) is 0 Å². The van der Waals surface area contributed by atoms with Gasteiger partial charge in [0.05, 0.1) is 0 Å². The quantitative estimate of drug-likeness (QED) is 0.531. The summed E-state index contributed by atoms with van der Waals surface area (Å²) in [5.74, 6) is -2.54. The van der Waals surface area contributed by atoms with Crippen LogP contribution in [0.2, 0.25) is 0 Å². The second kappa shape index (κ2) is 2.25. The number of benzene rings is 1. The van der Waals surface area contributed by atoms with Gasteiger partial charge in [-0.2, -0.15) is 0 Å².